The number of hydrogen-bond acceptors (Lipinski definition) is 0. The zero-order valence-corrected chi connectivity index (χ0v) is 17.3. The summed E-state index contributed by atoms with van der Waals surface area (Å²) in [5, 5.41) is 0.197. The Morgan fingerprint density at radius 3 is 1.79 bits per heavy atom. The molecule has 2 aromatic rings. The van der Waals surface area contributed by atoms with Gasteiger partial charge >= 0.3 is 0 Å². The van der Waals surface area contributed by atoms with Gasteiger partial charge < -0.3 is 0 Å². The third kappa shape index (κ3) is 6.18. The van der Waals surface area contributed by atoms with Crippen LogP contribution in [0.4, 0.5) is 8.78 Å². The van der Waals surface area contributed by atoms with E-state index in [-0.39, 0.29) is 27.5 Å². The van der Waals surface area contributed by atoms with Crippen molar-refractivity contribution in [3.8, 4) is 0 Å². The highest BCUT2D eigenvalue weighted by atomic mass is 79.9. The highest BCUT2D eigenvalue weighted by Gasteiger charge is 2.17. The van der Waals surface area contributed by atoms with Crippen molar-refractivity contribution in [1.82, 2.24) is 0 Å². The molecule has 0 atom stereocenters. The summed E-state index contributed by atoms with van der Waals surface area (Å²) in [4.78, 5) is 0. The molecule has 0 aliphatic rings. The molecular weight excluding hydrogens is 394 g/mol. The lowest BCUT2D eigenvalue weighted by Gasteiger charge is -2.19. The van der Waals surface area contributed by atoms with E-state index in [1.54, 1.807) is 12.1 Å². The minimum atomic E-state index is -0.357. The second kappa shape index (κ2) is 7.97. The van der Waals surface area contributed by atoms with Crippen molar-refractivity contribution >= 4 is 27.5 Å². The highest BCUT2D eigenvalue weighted by molar-refractivity contribution is 9.10. The molecule has 132 valence electrons. The normalized spacial score (nSPS) is 11.8. The maximum atomic E-state index is 13.3. The molecular formula is C20H24BrClF2. The molecule has 0 aromatic heterocycles. The molecule has 0 aliphatic carbocycles. The first-order chi connectivity index (χ1) is 10.8. The molecule has 2 aromatic carbocycles. The van der Waals surface area contributed by atoms with Gasteiger partial charge in [-0.05, 0) is 46.2 Å². The predicted molar refractivity (Wildman–Crippen MR) is 103 cm³/mol. The highest BCUT2D eigenvalue weighted by Crippen LogP contribution is 2.27. The Labute approximate surface area is 157 Å². The summed E-state index contributed by atoms with van der Waals surface area (Å²) in [6.45, 7) is 12.2. The summed E-state index contributed by atoms with van der Waals surface area (Å²) in [5.41, 5.74) is 1.71. The first kappa shape index (κ1) is 21.1. The Morgan fingerprint density at radius 2 is 1.38 bits per heavy atom. The molecule has 0 radical (unpaired) electrons. The van der Waals surface area contributed by atoms with Crippen LogP contribution in [0.3, 0.4) is 0 Å². The molecule has 24 heavy (non-hydrogen) atoms. The molecule has 0 nitrogen and oxygen atoms in total. The van der Waals surface area contributed by atoms with Crippen LogP contribution in [0.25, 0.3) is 0 Å². The van der Waals surface area contributed by atoms with Gasteiger partial charge in [-0.2, -0.15) is 0 Å². The van der Waals surface area contributed by atoms with Crippen molar-refractivity contribution in [2.75, 3.05) is 0 Å². The second-order valence-corrected chi connectivity index (χ2v) is 9.08. The minimum Gasteiger partial charge on any atom is -0.207 e. The monoisotopic (exact) mass is 416 g/mol. The molecule has 0 bridgehead atoms. The van der Waals surface area contributed by atoms with Crippen molar-refractivity contribution in [1.29, 1.82) is 0 Å². The number of benzene rings is 2. The zero-order valence-electron chi connectivity index (χ0n) is 15.0. The van der Waals surface area contributed by atoms with Crippen LogP contribution in [0.5, 0.6) is 0 Å². The van der Waals surface area contributed by atoms with Gasteiger partial charge in [0.05, 0.1) is 5.02 Å². The maximum Gasteiger partial charge on any atom is 0.141 e. The van der Waals surface area contributed by atoms with Crippen LogP contribution in [0.15, 0.2) is 40.9 Å². The first-order valence-electron chi connectivity index (χ1n) is 7.73. The molecule has 0 N–H and O–H groups in total. The number of hydrogen-bond donors (Lipinski definition) is 0. The third-order valence-electron chi connectivity index (χ3n) is 3.52. The van der Waals surface area contributed by atoms with E-state index in [0.29, 0.717) is 0 Å². The van der Waals surface area contributed by atoms with Crippen LogP contribution in [-0.2, 0) is 10.8 Å². The Morgan fingerprint density at radius 1 is 0.792 bits per heavy atom. The van der Waals surface area contributed by atoms with E-state index in [4.69, 9.17) is 11.6 Å². The lowest BCUT2D eigenvalue weighted by Crippen LogP contribution is -2.13. The molecule has 2 rings (SSSR count). The summed E-state index contributed by atoms with van der Waals surface area (Å²) in [7, 11) is 0. The largest absolute Gasteiger partial charge is 0.207 e. The van der Waals surface area contributed by atoms with Crippen molar-refractivity contribution in [2.45, 2.75) is 52.4 Å². The zero-order chi connectivity index (χ0) is 18.7. The minimum absolute atomic E-state index is 0.0251. The maximum absolute atomic E-state index is 13.3. The van der Waals surface area contributed by atoms with Crippen molar-refractivity contribution in [2.24, 2.45) is 0 Å². The summed E-state index contributed by atoms with van der Waals surface area (Å²) >= 11 is 8.87. The second-order valence-electron chi connectivity index (χ2n) is 7.75. The van der Waals surface area contributed by atoms with Crippen LogP contribution in [-0.4, -0.2) is 0 Å². The Bertz CT molecular complexity index is 698. The van der Waals surface area contributed by atoms with Crippen molar-refractivity contribution in [3.05, 3.63) is 68.7 Å². The van der Waals surface area contributed by atoms with Gasteiger partial charge in [0.1, 0.15) is 11.6 Å². The predicted octanol–water partition coefficient (Wildman–Crippen LogP) is 7.66. The van der Waals surface area contributed by atoms with Crippen molar-refractivity contribution in [3.63, 3.8) is 0 Å². The molecule has 0 aliphatic heterocycles. The number of halogens is 4. The topological polar surface area (TPSA) is 0 Å². The van der Waals surface area contributed by atoms with Crippen LogP contribution < -0.4 is 0 Å². The molecule has 0 heterocycles. The van der Waals surface area contributed by atoms with Gasteiger partial charge in [-0.3, -0.25) is 0 Å². The fourth-order valence-corrected chi connectivity index (χ4v) is 2.57. The molecule has 4 heteroatoms. The van der Waals surface area contributed by atoms with E-state index in [1.807, 2.05) is 32.9 Å². The first-order valence-corrected chi connectivity index (χ1v) is 8.90. The molecule has 0 amide bonds. The average Bonchev–Trinajstić information content (AvgIpc) is 2.39. The summed E-state index contributed by atoms with van der Waals surface area (Å²) < 4.78 is 26.9. The summed E-state index contributed by atoms with van der Waals surface area (Å²) in [5.74, 6) is -0.499. The SMILES string of the molecule is CC(C)(C)c1ccc(Br)cc1F.CC(C)(C)c1ccc(F)c(Cl)c1. The van der Waals surface area contributed by atoms with E-state index < -0.39 is 0 Å². The van der Waals surface area contributed by atoms with Crippen molar-refractivity contribution < 1.29 is 8.78 Å². The van der Waals surface area contributed by atoms with Gasteiger partial charge in [0.25, 0.3) is 0 Å². The standard InChI is InChI=1S/C10H12BrF.C10H12ClF/c1-10(2,3)8-5-4-7(11)6-9(8)12;1-10(2,3)7-4-5-9(12)8(11)6-7/h2*4-6H,1-3H3. The van der Waals surface area contributed by atoms with Gasteiger partial charge in [0.2, 0.25) is 0 Å². The smallest absolute Gasteiger partial charge is 0.141 e. The lowest BCUT2D eigenvalue weighted by molar-refractivity contribution is 0.522. The Balaban J connectivity index is 0.000000240. The van der Waals surface area contributed by atoms with E-state index >= 15 is 0 Å². The molecule has 0 saturated carbocycles. The van der Waals surface area contributed by atoms with E-state index in [0.717, 1.165) is 15.6 Å². The summed E-state index contributed by atoms with van der Waals surface area (Å²) in [6.07, 6.45) is 0. The molecule has 0 spiro atoms. The fraction of sp³-hybridized carbons (Fsp3) is 0.400. The van der Waals surface area contributed by atoms with E-state index in [1.165, 1.54) is 12.1 Å². The quantitative estimate of drug-likeness (QED) is 0.412. The van der Waals surface area contributed by atoms with Crippen LogP contribution in [0, 0.1) is 11.6 Å². The molecule has 0 saturated heterocycles. The van der Waals surface area contributed by atoms with Gasteiger partial charge in [0.15, 0.2) is 0 Å². The Hall–Kier alpha value is -0.930. The molecule has 0 unspecified atom stereocenters. The van der Waals surface area contributed by atoms with Crippen LogP contribution >= 0.6 is 27.5 Å². The van der Waals surface area contributed by atoms with Crippen LogP contribution in [0.1, 0.15) is 52.7 Å². The fourth-order valence-electron chi connectivity index (χ4n) is 2.06. The van der Waals surface area contributed by atoms with E-state index in [9.17, 15) is 8.78 Å². The average molecular weight is 418 g/mol. The molecule has 0 fully saturated rings. The van der Waals surface area contributed by atoms with Gasteiger partial charge in [-0.1, -0.05) is 81.2 Å². The summed E-state index contributed by atoms with van der Waals surface area (Å²) in [6, 6.07) is 10.0. The van der Waals surface area contributed by atoms with E-state index in [2.05, 4.69) is 36.7 Å². The van der Waals surface area contributed by atoms with Gasteiger partial charge in [0, 0.05) is 4.47 Å². The van der Waals surface area contributed by atoms with Crippen LogP contribution in [0.2, 0.25) is 5.02 Å². The number of rotatable bonds is 0. The Kier molecular flexibility index (Phi) is 7.01. The van der Waals surface area contributed by atoms with Gasteiger partial charge in [-0.25, -0.2) is 8.78 Å². The lowest BCUT2D eigenvalue weighted by atomic mass is 9.87. The third-order valence-corrected chi connectivity index (χ3v) is 4.31. The van der Waals surface area contributed by atoms with Gasteiger partial charge in [-0.15, -0.1) is 0 Å².